The second-order valence-corrected chi connectivity index (χ2v) is 4.68. The molecule has 17 heavy (non-hydrogen) atoms. The summed E-state index contributed by atoms with van der Waals surface area (Å²) in [6.07, 6.45) is -3.15. The van der Waals surface area contributed by atoms with Crippen molar-refractivity contribution in [1.82, 2.24) is 4.57 Å². The first-order valence-corrected chi connectivity index (χ1v) is 5.75. The van der Waals surface area contributed by atoms with Gasteiger partial charge < -0.3 is 20.1 Å². The van der Waals surface area contributed by atoms with Gasteiger partial charge in [-0.2, -0.15) is 0 Å². The average Bonchev–Trinajstić information content (AvgIpc) is 2.57. The third-order valence-electron chi connectivity index (χ3n) is 2.59. The van der Waals surface area contributed by atoms with E-state index in [2.05, 4.69) is 0 Å². The van der Waals surface area contributed by atoms with Crippen molar-refractivity contribution >= 4 is 11.3 Å². The molecule has 8 heteroatoms. The predicted octanol–water partition coefficient (Wildman–Crippen LogP) is -2.00. The Morgan fingerprint density at radius 3 is 2.71 bits per heavy atom. The molecule has 1 saturated heterocycles. The van der Waals surface area contributed by atoms with Crippen LogP contribution in [0.4, 0.5) is 0 Å². The van der Waals surface area contributed by atoms with Crippen LogP contribution in [-0.2, 0) is 4.74 Å². The molecule has 1 aliphatic rings. The molecule has 0 spiro atoms. The van der Waals surface area contributed by atoms with E-state index in [1.807, 2.05) is 0 Å². The van der Waals surface area contributed by atoms with Crippen LogP contribution in [0.2, 0.25) is 0 Å². The summed E-state index contributed by atoms with van der Waals surface area (Å²) in [6.45, 7) is -0.441. The van der Waals surface area contributed by atoms with E-state index in [0.29, 0.717) is 11.3 Å². The van der Waals surface area contributed by atoms with Crippen LogP contribution >= 0.6 is 11.3 Å². The van der Waals surface area contributed by atoms with Gasteiger partial charge in [0.05, 0.1) is 6.61 Å². The highest BCUT2D eigenvalue weighted by Gasteiger charge is 2.43. The molecule has 0 saturated carbocycles. The van der Waals surface area contributed by atoms with Gasteiger partial charge in [-0.25, -0.2) is 0 Å². The molecule has 4 N–H and O–H groups in total. The Bertz CT molecular complexity index is 513. The Morgan fingerprint density at radius 2 is 2.18 bits per heavy atom. The number of hydrogen-bond donors (Lipinski definition) is 4. The number of rotatable bonds is 2. The minimum absolute atomic E-state index is 0.0954. The smallest absolute Gasteiger partial charge is 0.311 e. The van der Waals surface area contributed by atoms with Crippen LogP contribution in [0.5, 0.6) is 0 Å². The van der Waals surface area contributed by atoms with Crippen LogP contribution in [0.1, 0.15) is 6.23 Å². The molecule has 4 atom stereocenters. The van der Waals surface area contributed by atoms with Gasteiger partial charge in [0, 0.05) is 6.20 Å². The minimum atomic E-state index is -1.28. The van der Waals surface area contributed by atoms with Gasteiger partial charge in [-0.1, -0.05) is 11.3 Å². The zero-order valence-electron chi connectivity index (χ0n) is 8.68. The number of aliphatic hydroxyl groups is 3. The van der Waals surface area contributed by atoms with Crippen molar-refractivity contribution in [3.8, 4) is 0 Å². The summed E-state index contributed by atoms with van der Waals surface area (Å²) in [5.41, 5.74) is 0. The lowest BCUT2D eigenvalue weighted by Crippen LogP contribution is -2.35. The summed E-state index contributed by atoms with van der Waals surface area (Å²) in [4.78, 5) is 11.1. The lowest BCUT2D eigenvalue weighted by molar-refractivity contribution is -0.0539. The van der Waals surface area contributed by atoms with Crippen LogP contribution in [0.15, 0.2) is 17.1 Å². The third-order valence-corrected chi connectivity index (χ3v) is 3.33. The predicted molar refractivity (Wildman–Crippen MR) is 57.4 cm³/mol. The van der Waals surface area contributed by atoms with E-state index in [0.717, 1.165) is 4.57 Å². The van der Waals surface area contributed by atoms with Crippen molar-refractivity contribution in [2.75, 3.05) is 6.61 Å². The first kappa shape index (κ1) is 12.4. The molecule has 1 aromatic heterocycles. The fraction of sp³-hybridized carbons (Fsp3) is 0.556. The molecule has 2 rings (SSSR count). The van der Waals surface area contributed by atoms with Crippen molar-refractivity contribution in [1.29, 1.82) is 5.41 Å². The maximum Gasteiger partial charge on any atom is 0.311 e. The van der Waals surface area contributed by atoms with Crippen molar-refractivity contribution in [2.24, 2.45) is 0 Å². The van der Waals surface area contributed by atoms with Crippen LogP contribution in [-0.4, -0.2) is 44.8 Å². The second kappa shape index (κ2) is 4.67. The summed E-state index contributed by atoms with van der Waals surface area (Å²) >= 11 is 0.697. The second-order valence-electron chi connectivity index (χ2n) is 3.68. The molecule has 0 radical (unpaired) electrons. The fourth-order valence-corrected chi connectivity index (χ4v) is 2.28. The zero-order valence-corrected chi connectivity index (χ0v) is 9.50. The third kappa shape index (κ3) is 2.17. The molecule has 0 aromatic carbocycles. The minimum Gasteiger partial charge on any atom is -0.394 e. The maximum atomic E-state index is 11.6. The van der Waals surface area contributed by atoms with E-state index in [-0.39, 0.29) is 4.67 Å². The van der Waals surface area contributed by atoms with Gasteiger partial charge >= 0.3 is 4.87 Å². The molecule has 7 nitrogen and oxygen atoms in total. The lowest BCUT2D eigenvalue weighted by atomic mass is 10.1. The van der Waals surface area contributed by atoms with Gasteiger partial charge in [0.25, 0.3) is 0 Å². The molecule has 1 aromatic rings. The van der Waals surface area contributed by atoms with Crippen LogP contribution < -0.4 is 9.54 Å². The molecule has 2 heterocycles. The van der Waals surface area contributed by atoms with Crippen molar-refractivity contribution in [2.45, 2.75) is 24.5 Å². The molecule has 0 amide bonds. The fourth-order valence-electron chi connectivity index (χ4n) is 1.69. The summed E-state index contributed by atoms with van der Waals surface area (Å²) in [7, 11) is 0. The number of aromatic nitrogens is 1. The topological polar surface area (TPSA) is 116 Å². The highest BCUT2D eigenvalue weighted by molar-refractivity contribution is 7.06. The molecule has 1 fully saturated rings. The maximum absolute atomic E-state index is 11.6. The normalized spacial score (nSPS) is 32.9. The largest absolute Gasteiger partial charge is 0.394 e. The number of nitrogens with one attached hydrogen (secondary N) is 1. The van der Waals surface area contributed by atoms with Gasteiger partial charge in [-0.05, 0) is 6.07 Å². The van der Waals surface area contributed by atoms with Crippen LogP contribution in [0.3, 0.4) is 0 Å². The Kier molecular flexibility index (Phi) is 3.40. The highest BCUT2D eigenvalue weighted by atomic mass is 32.1. The quantitative estimate of drug-likeness (QED) is 0.491. The van der Waals surface area contributed by atoms with Gasteiger partial charge in [-0.15, -0.1) is 0 Å². The average molecular weight is 260 g/mol. The van der Waals surface area contributed by atoms with E-state index in [1.54, 1.807) is 0 Å². The molecular formula is C9H12N2O5S. The van der Waals surface area contributed by atoms with Gasteiger partial charge in [0.15, 0.2) is 6.23 Å². The van der Waals surface area contributed by atoms with E-state index in [4.69, 9.17) is 15.3 Å². The molecule has 94 valence electrons. The van der Waals surface area contributed by atoms with Crippen LogP contribution in [0, 0.1) is 5.41 Å². The van der Waals surface area contributed by atoms with E-state index in [1.165, 1.54) is 12.3 Å². The van der Waals surface area contributed by atoms with Crippen molar-refractivity contribution < 1.29 is 20.1 Å². The number of nitrogens with zero attached hydrogens (tertiary/aromatic N) is 1. The number of ether oxygens (including phenoxy) is 1. The Labute approximate surface area is 99.7 Å². The van der Waals surface area contributed by atoms with Gasteiger partial charge in [0.1, 0.15) is 23.0 Å². The van der Waals surface area contributed by atoms with E-state index < -0.39 is 36.0 Å². The molecule has 1 aliphatic heterocycles. The Morgan fingerprint density at radius 1 is 1.47 bits per heavy atom. The van der Waals surface area contributed by atoms with Crippen molar-refractivity contribution in [3.05, 3.63) is 26.6 Å². The van der Waals surface area contributed by atoms with E-state index >= 15 is 0 Å². The zero-order chi connectivity index (χ0) is 12.6. The summed E-state index contributed by atoms with van der Waals surface area (Å²) < 4.78 is 6.40. The number of aliphatic hydroxyl groups excluding tert-OH is 3. The van der Waals surface area contributed by atoms with Crippen molar-refractivity contribution in [3.63, 3.8) is 0 Å². The molecule has 0 unspecified atom stereocenters. The summed E-state index contributed by atoms with van der Waals surface area (Å²) in [6, 6.07) is 1.39. The van der Waals surface area contributed by atoms with E-state index in [9.17, 15) is 15.0 Å². The SMILES string of the molecule is N=c1ccn([C@@H]2O[C@H](CO)[C@@H](O)[C@H]2O)c(=O)s1. The summed E-state index contributed by atoms with van der Waals surface area (Å²) in [5.74, 6) is 0. The Balaban J connectivity index is 2.35. The molecule has 0 aliphatic carbocycles. The molecule has 0 bridgehead atoms. The monoisotopic (exact) mass is 260 g/mol. The first-order valence-electron chi connectivity index (χ1n) is 4.94. The van der Waals surface area contributed by atoms with Gasteiger partial charge in [0.2, 0.25) is 0 Å². The first-order chi connectivity index (χ1) is 8.04. The highest BCUT2D eigenvalue weighted by Crippen LogP contribution is 2.27. The summed E-state index contributed by atoms with van der Waals surface area (Å²) in [5, 5.41) is 35.5. The Hall–Kier alpha value is -1.06. The van der Waals surface area contributed by atoms with Crippen LogP contribution in [0.25, 0.3) is 0 Å². The molecular weight excluding hydrogens is 248 g/mol. The standard InChI is InChI=1S/C9H12N2O5S/c10-5-1-2-11(9(15)17-5)8-7(14)6(13)4(3-12)16-8/h1-2,4,6-8,10,12-14H,3H2/t4-,6-,7-,8-/m1/s1. The lowest BCUT2D eigenvalue weighted by Gasteiger charge is -2.16. The number of hydrogen-bond acceptors (Lipinski definition) is 7. The van der Waals surface area contributed by atoms with Gasteiger partial charge in [-0.3, -0.25) is 14.8 Å².